The van der Waals surface area contributed by atoms with Crippen LogP contribution < -0.4 is 10.5 Å². The highest BCUT2D eigenvalue weighted by atomic mass is 32.2. The Hall–Kier alpha value is -1.08. The molecule has 13 heavy (non-hydrogen) atoms. The average Bonchev–Trinajstić information content (AvgIpc) is 2.54. The molecule has 7 heteroatoms. The van der Waals surface area contributed by atoms with Gasteiger partial charge in [0, 0.05) is 6.54 Å². The van der Waals surface area contributed by atoms with E-state index in [1.165, 1.54) is 19.4 Å². The lowest BCUT2D eigenvalue weighted by Crippen LogP contribution is -2.31. The van der Waals surface area contributed by atoms with Crippen LogP contribution in [-0.4, -0.2) is 25.4 Å². The largest absolute Gasteiger partial charge is 0.362 e. The number of hydrogen-bond donors (Lipinski definition) is 2. The third-order valence-corrected chi connectivity index (χ3v) is 3.33. The third kappa shape index (κ3) is 2.43. The molecular formula is C6H11N3O3S. The van der Waals surface area contributed by atoms with Gasteiger partial charge in [-0.1, -0.05) is 5.16 Å². The maximum Gasteiger partial charge on any atom is 0.236 e. The van der Waals surface area contributed by atoms with Crippen LogP contribution in [0.1, 0.15) is 6.92 Å². The van der Waals surface area contributed by atoms with Crippen molar-refractivity contribution in [3.8, 4) is 0 Å². The molecule has 6 nitrogen and oxygen atoms in total. The fourth-order valence-electron chi connectivity index (χ4n) is 0.647. The van der Waals surface area contributed by atoms with Crippen molar-refractivity contribution in [3.05, 3.63) is 12.5 Å². The highest BCUT2D eigenvalue weighted by molar-refractivity contribution is 7.93. The van der Waals surface area contributed by atoms with Crippen LogP contribution in [-0.2, 0) is 10.0 Å². The van der Waals surface area contributed by atoms with E-state index in [1.807, 2.05) is 0 Å². The summed E-state index contributed by atoms with van der Waals surface area (Å²) in [4.78, 5) is 0. The number of anilines is 1. The van der Waals surface area contributed by atoms with Crippen molar-refractivity contribution in [2.24, 2.45) is 5.73 Å². The van der Waals surface area contributed by atoms with Crippen molar-refractivity contribution in [1.82, 2.24) is 5.16 Å². The number of nitrogens with zero attached hydrogens (tertiary/aromatic N) is 1. The van der Waals surface area contributed by atoms with E-state index < -0.39 is 15.3 Å². The Kier molecular flexibility index (Phi) is 2.89. The number of aromatic nitrogens is 1. The van der Waals surface area contributed by atoms with Gasteiger partial charge in [0.2, 0.25) is 10.0 Å². The normalized spacial score (nSPS) is 14.0. The second-order valence-corrected chi connectivity index (χ2v) is 4.71. The molecule has 0 aromatic carbocycles. The first-order valence-corrected chi connectivity index (χ1v) is 5.22. The molecule has 0 fully saturated rings. The van der Waals surface area contributed by atoms with Crippen LogP contribution in [0.2, 0.25) is 0 Å². The Labute approximate surface area is 76.1 Å². The van der Waals surface area contributed by atoms with Gasteiger partial charge in [0.25, 0.3) is 0 Å². The van der Waals surface area contributed by atoms with Crippen molar-refractivity contribution in [3.63, 3.8) is 0 Å². The summed E-state index contributed by atoms with van der Waals surface area (Å²) in [5.41, 5.74) is 5.53. The summed E-state index contributed by atoms with van der Waals surface area (Å²) in [6.45, 7) is 1.59. The fourth-order valence-corrected chi connectivity index (χ4v) is 1.53. The maximum absolute atomic E-state index is 11.4. The number of nitrogens with two attached hydrogens (primary N) is 1. The number of nitrogens with one attached hydrogen (secondary N) is 1. The molecule has 74 valence electrons. The molecule has 0 amide bonds. The first-order chi connectivity index (χ1) is 6.06. The second kappa shape index (κ2) is 3.75. The monoisotopic (exact) mass is 205 g/mol. The highest BCUT2D eigenvalue weighted by Crippen LogP contribution is 2.09. The van der Waals surface area contributed by atoms with E-state index in [0.29, 0.717) is 5.69 Å². The predicted octanol–water partition coefficient (Wildman–Crippen LogP) is -0.236. The molecule has 0 radical (unpaired) electrons. The molecule has 0 aliphatic heterocycles. The minimum atomic E-state index is -3.41. The quantitative estimate of drug-likeness (QED) is 0.707. The fraction of sp³-hybridized carbons (Fsp3) is 0.500. The first kappa shape index (κ1) is 10.0. The lowest BCUT2D eigenvalue weighted by Gasteiger charge is -2.10. The predicted molar refractivity (Wildman–Crippen MR) is 47.6 cm³/mol. The zero-order valence-electron chi connectivity index (χ0n) is 7.10. The smallest absolute Gasteiger partial charge is 0.236 e. The van der Waals surface area contributed by atoms with Gasteiger partial charge in [0.05, 0.1) is 11.4 Å². The Morgan fingerprint density at radius 1 is 1.77 bits per heavy atom. The molecule has 0 bridgehead atoms. The molecule has 0 spiro atoms. The van der Waals surface area contributed by atoms with E-state index in [9.17, 15) is 8.42 Å². The summed E-state index contributed by atoms with van der Waals surface area (Å²) < 4.78 is 29.5. The standard InChI is InChI=1S/C6H11N3O3S/c1-5(2-7)13(10,11)9-6-3-8-12-4-6/h3-5,9H,2,7H2,1H3. The SMILES string of the molecule is CC(CN)S(=O)(=O)Nc1cnoc1. The number of hydrogen-bond acceptors (Lipinski definition) is 5. The van der Waals surface area contributed by atoms with Crippen molar-refractivity contribution in [2.75, 3.05) is 11.3 Å². The Bertz CT molecular complexity index is 345. The lowest BCUT2D eigenvalue weighted by atomic mass is 10.5. The molecule has 0 saturated carbocycles. The summed E-state index contributed by atoms with van der Waals surface area (Å²) in [6, 6.07) is 0. The van der Waals surface area contributed by atoms with E-state index in [0.717, 1.165) is 0 Å². The minimum Gasteiger partial charge on any atom is -0.362 e. The molecule has 0 saturated heterocycles. The molecule has 1 aromatic heterocycles. The van der Waals surface area contributed by atoms with Gasteiger partial charge in [-0.05, 0) is 6.92 Å². The molecule has 1 aromatic rings. The van der Waals surface area contributed by atoms with Crippen molar-refractivity contribution in [1.29, 1.82) is 0 Å². The van der Waals surface area contributed by atoms with E-state index in [1.54, 1.807) is 0 Å². The second-order valence-electron chi connectivity index (χ2n) is 2.61. The summed E-state index contributed by atoms with van der Waals surface area (Å²) in [5, 5.41) is 2.72. The molecule has 3 N–H and O–H groups in total. The molecule has 0 aliphatic rings. The Balaban J connectivity index is 2.74. The van der Waals surface area contributed by atoms with E-state index in [4.69, 9.17) is 5.73 Å². The topological polar surface area (TPSA) is 98.2 Å². The van der Waals surface area contributed by atoms with Crippen LogP contribution in [0.3, 0.4) is 0 Å². The third-order valence-electron chi connectivity index (χ3n) is 1.55. The zero-order valence-corrected chi connectivity index (χ0v) is 7.91. The van der Waals surface area contributed by atoms with Crippen LogP contribution in [0.4, 0.5) is 5.69 Å². The van der Waals surface area contributed by atoms with Gasteiger partial charge in [-0.25, -0.2) is 8.42 Å². The summed E-state index contributed by atoms with van der Waals surface area (Å²) in [7, 11) is -3.41. The van der Waals surface area contributed by atoms with Crippen molar-refractivity contribution >= 4 is 15.7 Å². The summed E-state index contributed by atoms with van der Waals surface area (Å²) >= 11 is 0. The Morgan fingerprint density at radius 3 is 2.92 bits per heavy atom. The molecule has 1 unspecified atom stereocenters. The van der Waals surface area contributed by atoms with Gasteiger partial charge in [-0.15, -0.1) is 0 Å². The van der Waals surface area contributed by atoms with Gasteiger partial charge < -0.3 is 10.3 Å². The highest BCUT2D eigenvalue weighted by Gasteiger charge is 2.19. The molecule has 1 atom stereocenters. The van der Waals surface area contributed by atoms with E-state index in [2.05, 4.69) is 14.4 Å². The number of sulfonamides is 1. The first-order valence-electron chi connectivity index (χ1n) is 3.67. The maximum atomic E-state index is 11.4. The van der Waals surface area contributed by atoms with Gasteiger partial charge in [0.15, 0.2) is 0 Å². The van der Waals surface area contributed by atoms with Gasteiger partial charge >= 0.3 is 0 Å². The van der Waals surface area contributed by atoms with E-state index in [-0.39, 0.29) is 6.54 Å². The van der Waals surface area contributed by atoms with Crippen LogP contribution in [0.15, 0.2) is 17.0 Å². The summed E-state index contributed by atoms with van der Waals surface area (Å²) in [5.74, 6) is 0. The lowest BCUT2D eigenvalue weighted by molar-refractivity contribution is 0.420. The molecule has 0 aliphatic carbocycles. The molecule has 1 heterocycles. The zero-order chi connectivity index (χ0) is 9.90. The van der Waals surface area contributed by atoms with Crippen molar-refractivity contribution < 1.29 is 12.9 Å². The van der Waals surface area contributed by atoms with Gasteiger partial charge in [-0.3, -0.25) is 4.72 Å². The van der Waals surface area contributed by atoms with Crippen LogP contribution >= 0.6 is 0 Å². The number of rotatable bonds is 4. The summed E-state index contributed by atoms with van der Waals surface area (Å²) in [6.07, 6.45) is 2.49. The average molecular weight is 205 g/mol. The minimum absolute atomic E-state index is 0.0701. The van der Waals surface area contributed by atoms with Crippen LogP contribution in [0.25, 0.3) is 0 Å². The molecular weight excluding hydrogens is 194 g/mol. The van der Waals surface area contributed by atoms with Gasteiger partial charge in [0.1, 0.15) is 12.0 Å². The van der Waals surface area contributed by atoms with Crippen LogP contribution in [0, 0.1) is 0 Å². The van der Waals surface area contributed by atoms with Crippen molar-refractivity contribution in [2.45, 2.75) is 12.2 Å². The van der Waals surface area contributed by atoms with Crippen LogP contribution in [0.5, 0.6) is 0 Å². The Morgan fingerprint density at radius 2 is 2.46 bits per heavy atom. The van der Waals surface area contributed by atoms with E-state index >= 15 is 0 Å². The van der Waals surface area contributed by atoms with Gasteiger partial charge in [-0.2, -0.15) is 0 Å². The molecule has 1 rings (SSSR count).